The van der Waals surface area contributed by atoms with Gasteiger partial charge in [0, 0.05) is 17.6 Å². The molecule has 1 atom stereocenters. The van der Waals surface area contributed by atoms with Gasteiger partial charge in [-0.15, -0.1) is 0 Å². The van der Waals surface area contributed by atoms with Crippen molar-refractivity contribution in [2.45, 2.75) is 25.5 Å². The molecule has 1 aliphatic rings. The Morgan fingerprint density at radius 3 is 3.10 bits per heavy atom. The van der Waals surface area contributed by atoms with E-state index in [1.807, 2.05) is 23.0 Å². The van der Waals surface area contributed by atoms with Crippen molar-refractivity contribution in [2.75, 3.05) is 6.61 Å². The van der Waals surface area contributed by atoms with Crippen LogP contribution in [-0.4, -0.2) is 31.6 Å². The lowest BCUT2D eigenvalue weighted by Gasteiger charge is -2.23. The van der Waals surface area contributed by atoms with Crippen LogP contribution in [0.15, 0.2) is 30.7 Å². The van der Waals surface area contributed by atoms with Crippen LogP contribution in [0, 0.1) is 0 Å². The molecule has 6 heteroatoms. The van der Waals surface area contributed by atoms with Gasteiger partial charge in [0.15, 0.2) is 12.1 Å². The van der Waals surface area contributed by atoms with Gasteiger partial charge in [0.1, 0.15) is 6.33 Å². The van der Waals surface area contributed by atoms with Gasteiger partial charge in [-0.2, -0.15) is 10.2 Å². The monoisotopic (exact) mass is 269 g/mol. The van der Waals surface area contributed by atoms with Crippen molar-refractivity contribution >= 4 is 10.9 Å². The standard InChI is InChI=1S/C14H15N5O/c1-2-7-20-13(6-1)19-12-5-3-4-10(11(12)8-17-19)14-15-9-16-18-14/h3-5,8-9,13H,1-2,6-7H2,(H,15,16,18). The van der Waals surface area contributed by atoms with Gasteiger partial charge in [-0.05, 0) is 25.3 Å². The predicted octanol–water partition coefficient (Wildman–Crippen LogP) is 2.52. The molecule has 1 unspecified atom stereocenters. The van der Waals surface area contributed by atoms with E-state index < -0.39 is 0 Å². The Morgan fingerprint density at radius 1 is 1.30 bits per heavy atom. The molecule has 1 aliphatic heterocycles. The molecule has 0 radical (unpaired) electrons. The summed E-state index contributed by atoms with van der Waals surface area (Å²) < 4.78 is 7.81. The first-order valence-electron chi connectivity index (χ1n) is 6.87. The molecule has 0 amide bonds. The summed E-state index contributed by atoms with van der Waals surface area (Å²) in [4.78, 5) is 4.22. The lowest BCUT2D eigenvalue weighted by Crippen LogP contribution is -2.18. The zero-order valence-electron chi connectivity index (χ0n) is 11.0. The summed E-state index contributed by atoms with van der Waals surface area (Å²) in [6.45, 7) is 0.813. The third kappa shape index (κ3) is 1.80. The minimum absolute atomic E-state index is 0.0474. The highest BCUT2D eigenvalue weighted by atomic mass is 16.5. The van der Waals surface area contributed by atoms with E-state index in [1.165, 1.54) is 12.7 Å². The molecule has 1 aromatic carbocycles. The smallest absolute Gasteiger partial charge is 0.156 e. The minimum atomic E-state index is 0.0474. The van der Waals surface area contributed by atoms with Gasteiger partial charge in [-0.3, -0.25) is 5.10 Å². The van der Waals surface area contributed by atoms with Crippen molar-refractivity contribution in [1.82, 2.24) is 25.0 Å². The fourth-order valence-electron chi connectivity index (χ4n) is 2.76. The summed E-state index contributed by atoms with van der Waals surface area (Å²) in [6.07, 6.45) is 6.79. The molecule has 1 fully saturated rings. The highest BCUT2D eigenvalue weighted by molar-refractivity contribution is 5.92. The van der Waals surface area contributed by atoms with E-state index in [4.69, 9.17) is 4.74 Å². The fraction of sp³-hybridized carbons (Fsp3) is 0.357. The van der Waals surface area contributed by atoms with E-state index in [2.05, 4.69) is 26.3 Å². The van der Waals surface area contributed by atoms with E-state index in [1.54, 1.807) is 0 Å². The van der Waals surface area contributed by atoms with E-state index in [-0.39, 0.29) is 6.23 Å². The number of fused-ring (bicyclic) bond motifs is 1. The maximum Gasteiger partial charge on any atom is 0.156 e. The number of aromatic amines is 1. The average Bonchev–Trinajstić information content (AvgIpc) is 3.17. The first kappa shape index (κ1) is 11.6. The molecule has 3 aromatic rings. The number of rotatable bonds is 2. The summed E-state index contributed by atoms with van der Waals surface area (Å²) in [5.74, 6) is 0.764. The van der Waals surface area contributed by atoms with E-state index in [9.17, 15) is 0 Å². The molecule has 0 aliphatic carbocycles. The highest BCUT2D eigenvalue weighted by Gasteiger charge is 2.19. The Labute approximate surface area is 115 Å². The lowest BCUT2D eigenvalue weighted by atomic mass is 10.1. The van der Waals surface area contributed by atoms with Crippen molar-refractivity contribution in [3.63, 3.8) is 0 Å². The second-order valence-electron chi connectivity index (χ2n) is 4.98. The molecular weight excluding hydrogens is 254 g/mol. The zero-order chi connectivity index (χ0) is 13.4. The van der Waals surface area contributed by atoms with Crippen molar-refractivity contribution < 1.29 is 4.74 Å². The minimum Gasteiger partial charge on any atom is -0.356 e. The zero-order valence-corrected chi connectivity index (χ0v) is 11.0. The molecule has 0 bridgehead atoms. The van der Waals surface area contributed by atoms with E-state index >= 15 is 0 Å². The van der Waals surface area contributed by atoms with Gasteiger partial charge in [0.05, 0.1) is 11.7 Å². The molecule has 3 heterocycles. The van der Waals surface area contributed by atoms with Crippen LogP contribution in [0.5, 0.6) is 0 Å². The largest absolute Gasteiger partial charge is 0.356 e. The number of nitrogens with one attached hydrogen (secondary N) is 1. The number of H-pyrrole nitrogens is 1. The maximum absolute atomic E-state index is 5.83. The Balaban J connectivity index is 1.83. The number of hydrogen-bond donors (Lipinski definition) is 1. The predicted molar refractivity (Wildman–Crippen MR) is 73.9 cm³/mol. The number of hydrogen-bond acceptors (Lipinski definition) is 4. The molecular formula is C14H15N5O. The Morgan fingerprint density at radius 2 is 2.30 bits per heavy atom. The van der Waals surface area contributed by atoms with Crippen LogP contribution >= 0.6 is 0 Å². The number of ether oxygens (including phenoxy) is 1. The first-order valence-corrected chi connectivity index (χ1v) is 6.87. The van der Waals surface area contributed by atoms with Gasteiger partial charge in [0.2, 0.25) is 0 Å². The molecule has 1 saturated heterocycles. The Bertz CT molecular complexity index is 712. The lowest BCUT2D eigenvalue weighted by molar-refractivity contribution is -0.0366. The highest BCUT2D eigenvalue weighted by Crippen LogP contribution is 2.30. The average molecular weight is 269 g/mol. The van der Waals surface area contributed by atoms with Crippen molar-refractivity contribution in [3.05, 3.63) is 30.7 Å². The quantitative estimate of drug-likeness (QED) is 0.776. The van der Waals surface area contributed by atoms with Crippen LogP contribution in [-0.2, 0) is 4.74 Å². The summed E-state index contributed by atoms with van der Waals surface area (Å²) in [5, 5.41) is 12.4. The van der Waals surface area contributed by atoms with Crippen LogP contribution in [0.3, 0.4) is 0 Å². The van der Waals surface area contributed by atoms with Crippen LogP contribution < -0.4 is 0 Å². The molecule has 102 valence electrons. The summed E-state index contributed by atoms with van der Waals surface area (Å²) in [6, 6.07) is 6.11. The number of aromatic nitrogens is 5. The molecule has 0 spiro atoms. The Hall–Kier alpha value is -2.21. The van der Waals surface area contributed by atoms with Gasteiger partial charge in [-0.1, -0.05) is 12.1 Å². The third-order valence-corrected chi connectivity index (χ3v) is 3.74. The topological polar surface area (TPSA) is 68.6 Å². The van der Waals surface area contributed by atoms with E-state index in [0.29, 0.717) is 0 Å². The SMILES string of the molecule is c1cc(-c2ncn[nH]2)c2cnn(C3CCCCO3)c2c1. The summed E-state index contributed by atoms with van der Waals surface area (Å²) in [7, 11) is 0. The molecule has 2 aromatic heterocycles. The van der Waals surface area contributed by atoms with Gasteiger partial charge >= 0.3 is 0 Å². The molecule has 6 nitrogen and oxygen atoms in total. The molecule has 20 heavy (non-hydrogen) atoms. The fourth-order valence-corrected chi connectivity index (χ4v) is 2.76. The second-order valence-corrected chi connectivity index (χ2v) is 4.98. The van der Waals surface area contributed by atoms with Crippen molar-refractivity contribution in [3.8, 4) is 11.4 Å². The van der Waals surface area contributed by atoms with Gasteiger partial charge in [0.25, 0.3) is 0 Å². The van der Waals surface area contributed by atoms with Crippen molar-refractivity contribution in [1.29, 1.82) is 0 Å². The number of benzene rings is 1. The third-order valence-electron chi connectivity index (χ3n) is 3.74. The van der Waals surface area contributed by atoms with Crippen LogP contribution in [0.2, 0.25) is 0 Å². The van der Waals surface area contributed by atoms with Crippen LogP contribution in [0.1, 0.15) is 25.5 Å². The number of nitrogens with zero attached hydrogens (tertiary/aromatic N) is 4. The van der Waals surface area contributed by atoms with Gasteiger partial charge in [-0.25, -0.2) is 9.67 Å². The van der Waals surface area contributed by atoms with Crippen molar-refractivity contribution in [2.24, 2.45) is 0 Å². The van der Waals surface area contributed by atoms with E-state index in [0.717, 1.165) is 41.7 Å². The van der Waals surface area contributed by atoms with Crippen LogP contribution in [0.25, 0.3) is 22.3 Å². The summed E-state index contributed by atoms with van der Waals surface area (Å²) >= 11 is 0. The molecule has 4 rings (SSSR count). The van der Waals surface area contributed by atoms with Gasteiger partial charge < -0.3 is 4.74 Å². The first-order chi connectivity index (χ1) is 9.93. The Kier molecular flexibility index (Phi) is 2.74. The summed E-state index contributed by atoms with van der Waals surface area (Å²) in [5.41, 5.74) is 2.09. The maximum atomic E-state index is 5.83. The molecule has 0 saturated carbocycles. The second kappa shape index (κ2) is 4.72. The van der Waals surface area contributed by atoms with Crippen LogP contribution in [0.4, 0.5) is 0 Å². The molecule has 1 N–H and O–H groups in total. The normalized spacial score (nSPS) is 19.5.